The maximum atomic E-state index is 14.9. The fourth-order valence-corrected chi connectivity index (χ4v) is 4.15. The molecule has 0 saturated carbocycles. The van der Waals surface area contributed by atoms with Gasteiger partial charge in [0.25, 0.3) is 0 Å². The highest BCUT2D eigenvalue weighted by molar-refractivity contribution is 5.78. The van der Waals surface area contributed by atoms with Crippen LogP contribution in [0.15, 0.2) is 47.7 Å². The molecule has 0 spiro atoms. The van der Waals surface area contributed by atoms with Crippen molar-refractivity contribution in [1.82, 2.24) is 14.7 Å². The summed E-state index contributed by atoms with van der Waals surface area (Å²) in [4.78, 5) is 19.4. The molecule has 0 unspecified atom stereocenters. The van der Waals surface area contributed by atoms with Crippen LogP contribution in [0.4, 0.5) is 20.2 Å². The quantitative estimate of drug-likeness (QED) is 0.268. The number of hydrogen-bond acceptors (Lipinski definition) is 9. The first-order valence-electron chi connectivity index (χ1n) is 12.3. The van der Waals surface area contributed by atoms with Crippen molar-refractivity contribution in [3.63, 3.8) is 0 Å². The second-order valence-corrected chi connectivity index (χ2v) is 8.92. The first kappa shape index (κ1) is 27.8. The molecule has 1 aliphatic rings. The van der Waals surface area contributed by atoms with Crippen molar-refractivity contribution >= 4 is 23.1 Å². The van der Waals surface area contributed by atoms with Crippen LogP contribution in [-0.2, 0) is 11.3 Å². The number of likely N-dealkylation sites (N-methyl/N-ethyl adjacent to an activating group) is 1. The van der Waals surface area contributed by atoms with Gasteiger partial charge in [-0.15, -0.1) is 0 Å². The molecular formula is C26H31F2N7O4. The molecule has 1 amide bonds. The van der Waals surface area contributed by atoms with Crippen LogP contribution in [0.5, 0.6) is 11.5 Å². The van der Waals surface area contributed by atoms with Crippen LogP contribution < -0.4 is 36.0 Å². The predicted octanol–water partition coefficient (Wildman–Crippen LogP) is 0.623. The van der Waals surface area contributed by atoms with Gasteiger partial charge >= 0.3 is 0 Å². The number of aromatic nitrogens is 2. The van der Waals surface area contributed by atoms with Crippen LogP contribution in [0.25, 0.3) is 5.82 Å². The van der Waals surface area contributed by atoms with Crippen molar-refractivity contribution in [2.24, 2.45) is 10.7 Å². The molecule has 13 heteroatoms. The van der Waals surface area contributed by atoms with Gasteiger partial charge in [0.2, 0.25) is 5.91 Å². The molecule has 4 N–H and O–H groups in total. The number of amides is 1. The smallest absolute Gasteiger partial charge is 0.239 e. The van der Waals surface area contributed by atoms with E-state index < -0.39 is 17.5 Å². The molecule has 0 radical (unpaired) electrons. The van der Waals surface area contributed by atoms with Crippen molar-refractivity contribution in [3.8, 4) is 11.5 Å². The first-order valence-corrected chi connectivity index (χ1v) is 12.3. The number of anilines is 2. The molecule has 0 saturated heterocycles. The number of aliphatic hydroxyl groups is 1. The van der Waals surface area contributed by atoms with E-state index in [2.05, 4.69) is 15.4 Å². The summed E-state index contributed by atoms with van der Waals surface area (Å²) in [5, 5.41) is 17.5. The number of aliphatic hydroxyl groups excluding tert-OH is 1. The van der Waals surface area contributed by atoms with E-state index in [0.29, 0.717) is 46.7 Å². The Bertz CT molecular complexity index is 1450. The zero-order valence-corrected chi connectivity index (χ0v) is 21.7. The number of nitrogens with one attached hydrogen (secondary N) is 1. The average molecular weight is 544 g/mol. The summed E-state index contributed by atoms with van der Waals surface area (Å²) in [6.45, 7) is 1.71. The van der Waals surface area contributed by atoms with Gasteiger partial charge in [-0.25, -0.2) is 8.78 Å². The van der Waals surface area contributed by atoms with Crippen LogP contribution in [0.2, 0.25) is 0 Å². The van der Waals surface area contributed by atoms with Gasteiger partial charge in [-0.05, 0) is 31.7 Å². The SMILES string of the molecule is COc1cc2c(cc1OCCCN(C)CCO)=NCN(c1cccc(F)c1F)C=2Nc1cnn(CC(N)=O)c1. The fraction of sp³-hybridized carbons (Fsp3) is 0.346. The Balaban J connectivity index is 1.72. The van der Waals surface area contributed by atoms with Crippen molar-refractivity contribution in [1.29, 1.82) is 0 Å². The lowest BCUT2D eigenvalue weighted by molar-refractivity contribution is -0.118. The summed E-state index contributed by atoms with van der Waals surface area (Å²) in [5.41, 5.74) is 5.75. The number of benzene rings is 2. The monoisotopic (exact) mass is 543 g/mol. The van der Waals surface area contributed by atoms with Gasteiger partial charge in [-0.2, -0.15) is 5.10 Å². The fourth-order valence-electron chi connectivity index (χ4n) is 4.15. The Hall–Kier alpha value is -4.23. The second kappa shape index (κ2) is 12.5. The van der Waals surface area contributed by atoms with Crippen LogP contribution in [0.3, 0.4) is 0 Å². The summed E-state index contributed by atoms with van der Waals surface area (Å²) in [6, 6.07) is 7.37. The minimum Gasteiger partial charge on any atom is -0.493 e. The van der Waals surface area contributed by atoms with Crippen LogP contribution in [0, 0.1) is 11.6 Å². The summed E-state index contributed by atoms with van der Waals surface area (Å²) in [5.74, 6) is -1.24. The van der Waals surface area contributed by atoms with Gasteiger partial charge < -0.3 is 35.4 Å². The number of nitrogens with two attached hydrogens (primary N) is 1. The number of carbonyl (C=O) groups excluding carboxylic acids is 1. The van der Waals surface area contributed by atoms with Crippen LogP contribution in [0.1, 0.15) is 6.42 Å². The summed E-state index contributed by atoms with van der Waals surface area (Å²) in [6.07, 6.45) is 3.80. The van der Waals surface area contributed by atoms with Crippen molar-refractivity contribution in [2.45, 2.75) is 13.0 Å². The number of carbonyl (C=O) groups is 1. The maximum absolute atomic E-state index is 14.9. The molecule has 0 bridgehead atoms. The topological polar surface area (TPSA) is 130 Å². The third kappa shape index (κ3) is 6.62. The summed E-state index contributed by atoms with van der Waals surface area (Å²) < 4.78 is 42.0. The van der Waals surface area contributed by atoms with E-state index in [1.807, 2.05) is 11.9 Å². The highest BCUT2D eigenvalue weighted by Gasteiger charge is 2.23. The molecule has 3 aromatic rings. The van der Waals surface area contributed by atoms with Crippen molar-refractivity contribution < 1.29 is 28.2 Å². The van der Waals surface area contributed by atoms with Gasteiger partial charge in [0, 0.05) is 30.6 Å². The lowest BCUT2D eigenvalue weighted by atomic mass is 10.2. The molecule has 4 rings (SSSR count). The van der Waals surface area contributed by atoms with Gasteiger partial charge in [-0.3, -0.25) is 14.5 Å². The maximum Gasteiger partial charge on any atom is 0.239 e. The third-order valence-electron chi connectivity index (χ3n) is 6.05. The predicted molar refractivity (Wildman–Crippen MR) is 141 cm³/mol. The summed E-state index contributed by atoms with van der Waals surface area (Å²) in [7, 11) is 3.43. The Labute approximate surface area is 223 Å². The largest absolute Gasteiger partial charge is 0.493 e. The highest BCUT2D eigenvalue weighted by Crippen LogP contribution is 2.28. The number of rotatable bonds is 13. The highest BCUT2D eigenvalue weighted by atomic mass is 19.2. The van der Waals surface area contributed by atoms with E-state index >= 15 is 0 Å². The molecule has 1 aromatic heterocycles. The van der Waals surface area contributed by atoms with E-state index in [-0.39, 0.29) is 25.5 Å². The van der Waals surface area contributed by atoms with Gasteiger partial charge in [0.15, 0.2) is 23.1 Å². The number of halogens is 2. The number of nitrogens with zero attached hydrogens (tertiary/aromatic N) is 5. The number of primary amides is 1. The molecule has 2 heterocycles. The number of fused-ring (bicyclic) bond motifs is 1. The molecular weight excluding hydrogens is 512 g/mol. The number of ether oxygens (including phenoxy) is 2. The number of methoxy groups -OCH3 is 1. The van der Waals surface area contributed by atoms with Crippen molar-refractivity contribution in [3.05, 3.63) is 64.9 Å². The van der Waals surface area contributed by atoms with E-state index in [1.165, 1.54) is 35.0 Å². The zero-order chi connectivity index (χ0) is 27.9. The minimum absolute atomic E-state index is 0.0111. The number of hydrogen-bond donors (Lipinski definition) is 3. The molecule has 2 aromatic carbocycles. The standard InChI is InChI=1S/C26H31F2N7O4/c1-33(8-9-36)7-4-10-39-23-12-20-18(11-22(23)38-2)26(32-17-13-31-34(14-17)15-24(29)37)35(16-30-20)21-6-3-5-19(27)25(21)28/h3,5-6,11-14,32,36H,4,7-10,15-16H2,1-2H3,(H2,29,37). The second-order valence-electron chi connectivity index (χ2n) is 8.92. The molecule has 1 aliphatic heterocycles. The minimum atomic E-state index is -1.02. The Morgan fingerprint density at radius 3 is 2.82 bits per heavy atom. The van der Waals surface area contributed by atoms with E-state index in [4.69, 9.17) is 20.3 Å². The lowest BCUT2D eigenvalue weighted by Crippen LogP contribution is -2.43. The van der Waals surface area contributed by atoms with E-state index in [9.17, 15) is 13.6 Å². The van der Waals surface area contributed by atoms with Crippen LogP contribution in [-0.4, -0.2) is 72.8 Å². The molecule has 0 fully saturated rings. The Morgan fingerprint density at radius 1 is 1.26 bits per heavy atom. The van der Waals surface area contributed by atoms with Gasteiger partial charge in [-0.1, -0.05) is 6.07 Å². The molecule has 11 nitrogen and oxygen atoms in total. The van der Waals surface area contributed by atoms with Gasteiger partial charge in [0.05, 0.1) is 43.3 Å². The molecule has 39 heavy (non-hydrogen) atoms. The molecule has 0 aliphatic carbocycles. The Kier molecular flexibility index (Phi) is 8.94. The van der Waals surface area contributed by atoms with E-state index in [0.717, 1.165) is 19.0 Å². The normalized spacial score (nSPS) is 12.8. The van der Waals surface area contributed by atoms with Crippen molar-refractivity contribution in [2.75, 3.05) is 57.3 Å². The molecule has 0 atom stereocenters. The Morgan fingerprint density at radius 2 is 2.08 bits per heavy atom. The van der Waals surface area contributed by atoms with Gasteiger partial charge in [0.1, 0.15) is 19.0 Å². The average Bonchev–Trinajstić information content (AvgIpc) is 3.34. The molecule has 208 valence electrons. The first-order chi connectivity index (χ1) is 18.8. The zero-order valence-electron chi connectivity index (χ0n) is 21.7. The lowest BCUT2D eigenvalue weighted by Gasteiger charge is -2.29. The van der Waals surface area contributed by atoms with Crippen LogP contribution >= 0.6 is 0 Å². The summed E-state index contributed by atoms with van der Waals surface area (Å²) >= 11 is 0. The van der Waals surface area contributed by atoms with E-state index in [1.54, 1.807) is 18.3 Å². The third-order valence-corrected chi connectivity index (χ3v) is 6.05.